The maximum absolute atomic E-state index is 13.2. The summed E-state index contributed by atoms with van der Waals surface area (Å²) in [6.45, 7) is 3.05. The third kappa shape index (κ3) is 4.87. The lowest BCUT2D eigenvalue weighted by atomic mass is 10.0. The fraction of sp³-hybridized carbons (Fsp3) is 0.312. The van der Waals surface area contributed by atoms with E-state index in [9.17, 15) is 4.39 Å². The number of pyridine rings is 1. The molecule has 2 rings (SSSR count). The van der Waals surface area contributed by atoms with Crippen molar-refractivity contribution < 1.29 is 4.39 Å². The summed E-state index contributed by atoms with van der Waals surface area (Å²) in [4.78, 5) is 4.48. The second-order valence-corrected chi connectivity index (χ2v) is 6.62. The van der Waals surface area contributed by atoms with Crippen LogP contribution in [0.25, 0.3) is 0 Å². The molecule has 1 unspecified atom stereocenters. The molecular weight excluding hydrogens is 399 g/mol. The first-order chi connectivity index (χ1) is 10.1. The third-order valence-electron chi connectivity index (χ3n) is 3.19. The molecule has 0 saturated carbocycles. The molecule has 0 saturated heterocycles. The van der Waals surface area contributed by atoms with Gasteiger partial charge in [-0.05, 0) is 65.1 Å². The molecular formula is C16H17Br2FN2. The third-order valence-corrected chi connectivity index (χ3v) is 4.39. The van der Waals surface area contributed by atoms with Crippen LogP contribution in [-0.4, -0.2) is 11.5 Å². The normalized spacial score (nSPS) is 12.4. The van der Waals surface area contributed by atoms with Crippen molar-refractivity contribution in [2.45, 2.75) is 25.8 Å². The van der Waals surface area contributed by atoms with E-state index < -0.39 is 0 Å². The van der Waals surface area contributed by atoms with E-state index in [2.05, 4.69) is 49.1 Å². The van der Waals surface area contributed by atoms with Crippen LogP contribution in [0.1, 0.15) is 30.6 Å². The van der Waals surface area contributed by atoms with E-state index in [1.807, 2.05) is 18.2 Å². The fourth-order valence-electron chi connectivity index (χ4n) is 2.10. The molecule has 1 N–H and O–H groups in total. The summed E-state index contributed by atoms with van der Waals surface area (Å²) in [5.74, 6) is -0.231. The molecule has 2 nitrogen and oxygen atoms in total. The van der Waals surface area contributed by atoms with Crippen LogP contribution in [0.2, 0.25) is 0 Å². The molecule has 21 heavy (non-hydrogen) atoms. The van der Waals surface area contributed by atoms with Gasteiger partial charge >= 0.3 is 0 Å². The SMILES string of the molecule is CCCNC(Cc1ccc(F)cc1Br)c1ccc(Br)cn1. The minimum Gasteiger partial charge on any atom is -0.308 e. The van der Waals surface area contributed by atoms with E-state index in [0.29, 0.717) is 0 Å². The molecule has 0 radical (unpaired) electrons. The van der Waals surface area contributed by atoms with Crippen molar-refractivity contribution in [2.75, 3.05) is 6.54 Å². The zero-order valence-corrected chi connectivity index (χ0v) is 14.9. The maximum atomic E-state index is 13.2. The molecule has 0 amide bonds. The Morgan fingerprint density at radius 1 is 1.24 bits per heavy atom. The monoisotopic (exact) mass is 414 g/mol. The van der Waals surface area contributed by atoms with Gasteiger partial charge in [0.2, 0.25) is 0 Å². The molecule has 2 aromatic rings. The molecule has 5 heteroatoms. The van der Waals surface area contributed by atoms with E-state index in [0.717, 1.165) is 39.6 Å². The molecule has 1 heterocycles. The number of rotatable bonds is 6. The molecule has 0 aliphatic rings. The fourth-order valence-corrected chi connectivity index (χ4v) is 2.85. The van der Waals surface area contributed by atoms with Crippen LogP contribution in [-0.2, 0) is 6.42 Å². The maximum Gasteiger partial charge on any atom is 0.124 e. The van der Waals surface area contributed by atoms with Gasteiger partial charge in [0.25, 0.3) is 0 Å². The first-order valence-corrected chi connectivity index (χ1v) is 8.47. The van der Waals surface area contributed by atoms with Crippen molar-refractivity contribution in [3.63, 3.8) is 0 Å². The Morgan fingerprint density at radius 2 is 2.05 bits per heavy atom. The summed E-state index contributed by atoms with van der Waals surface area (Å²) in [6, 6.07) is 8.92. The van der Waals surface area contributed by atoms with Gasteiger partial charge in [-0.3, -0.25) is 4.98 Å². The van der Waals surface area contributed by atoms with Crippen LogP contribution in [0.3, 0.4) is 0 Å². The van der Waals surface area contributed by atoms with Crippen LogP contribution in [0, 0.1) is 5.82 Å². The molecule has 1 aromatic carbocycles. The average molecular weight is 416 g/mol. The van der Waals surface area contributed by atoms with Gasteiger partial charge in [-0.25, -0.2) is 4.39 Å². The molecule has 0 bridgehead atoms. The largest absolute Gasteiger partial charge is 0.308 e. The van der Waals surface area contributed by atoms with Crippen molar-refractivity contribution in [1.29, 1.82) is 0 Å². The second-order valence-electron chi connectivity index (χ2n) is 4.85. The Hall–Kier alpha value is -0.780. The number of hydrogen-bond acceptors (Lipinski definition) is 2. The van der Waals surface area contributed by atoms with Gasteiger partial charge in [-0.1, -0.05) is 28.9 Å². The van der Waals surface area contributed by atoms with E-state index >= 15 is 0 Å². The number of benzene rings is 1. The van der Waals surface area contributed by atoms with E-state index in [1.165, 1.54) is 12.1 Å². The van der Waals surface area contributed by atoms with E-state index in [4.69, 9.17) is 0 Å². The van der Waals surface area contributed by atoms with Gasteiger partial charge < -0.3 is 5.32 Å². The highest BCUT2D eigenvalue weighted by molar-refractivity contribution is 9.10. The van der Waals surface area contributed by atoms with Crippen LogP contribution in [0.15, 0.2) is 45.5 Å². The van der Waals surface area contributed by atoms with Gasteiger partial charge in [0, 0.05) is 15.1 Å². The number of aromatic nitrogens is 1. The lowest BCUT2D eigenvalue weighted by Crippen LogP contribution is -2.25. The van der Waals surface area contributed by atoms with Crippen LogP contribution >= 0.6 is 31.9 Å². The Kier molecular flexibility index (Phi) is 6.33. The quantitative estimate of drug-likeness (QED) is 0.715. The summed E-state index contributed by atoms with van der Waals surface area (Å²) in [7, 11) is 0. The van der Waals surface area contributed by atoms with Gasteiger partial charge in [0.1, 0.15) is 5.82 Å². The second kappa shape index (κ2) is 8.01. The van der Waals surface area contributed by atoms with Crippen molar-refractivity contribution in [1.82, 2.24) is 10.3 Å². The zero-order chi connectivity index (χ0) is 15.2. The van der Waals surface area contributed by atoms with Crippen LogP contribution in [0.4, 0.5) is 4.39 Å². The zero-order valence-electron chi connectivity index (χ0n) is 11.7. The van der Waals surface area contributed by atoms with Crippen molar-refractivity contribution in [2.24, 2.45) is 0 Å². The molecule has 1 aromatic heterocycles. The first-order valence-electron chi connectivity index (χ1n) is 6.89. The molecule has 112 valence electrons. The van der Waals surface area contributed by atoms with Gasteiger partial charge in [-0.2, -0.15) is 0 Å². The highest BCUT2D eigenvalue weighted by Gasteiger charge is 2.15. The molecule has 0 spiro atoms. The highest BCUT2D eigenvalue weighted by Crippen LogP contribution is 2.24. The summed E-state index contributed by atoms with van der Waals surface area (Å²) < 4.78 is 14.9. The van der Waals surface area contributed by atoms with Gasteiger partial charge in [0.15, 0.2) is 0 Å². The molecule has 1 atom stereocenters. The highest BCUT2D eigenvalue weighted by atomic mass is 79.9. The Morgan fingerprint density at radius 3 is 2.67 bits per heavy atom. The van der Waals surface area contributed by atoms with Crippen LogP contribution < -0.4 is 5.32 Å². The smallest absolute Gasteiger partial charge is 0.124 e. The summed E-state index contributed by atoms with van der Waals surface area (Å²) in [5, 5.41) is 3.50. The average Bonchev–Trinajstić information content (AvgIpc) is 2.46. The summed E-state index contributed by atoms with van der Waals surface area (Å²) in [6.07, 6.45) is 3.61. The van der Waals surface area contributed by atoms with E-state index in [-0.39, 0.29) is 11.9 Å². The minimum atomic E-state index is -0.231. The Balaban J connectivity index is 2.21. The lowest BCUT2D eigenvalue weighted by Gasteiger charge is -2.19. The number of halogens is 3. The number of nitrogens with one attached hydrogen (secondary N) is 1. The van der Waals surface area contributed by atoms with Crippen molar-refractivity contribution in [3.05, 3.63) is 62.5 Å². The van der Waals surface area contributed by atoms with Gasteiger partial charge in [-0.15, -0.1) is 0 Å². The number of nitrogens with zero attached hydrogens (tertiary/aromatic N) is 1. The van der Waals surface area contributed by atoms with Gasteiger partial charge in [0.05, 0.1) is 11.7 Å². The first kappa shape index (κ1) is 16.6. The lowest BCUT2D eigenvalue weighted by molar-refractivity contribution is 0.516. The van der Waals surface area contributed by atoms with E-state index in [1.54, 1.807) is 6.20 Å². The summed E-state index contributed by atoms with van der Waals surface area (Å²) >= 11 is 6.83. The van der Waals surface area contributed by atoms with Crippen molar-refractivity contribution >= 4 is 31.9 Å². The molecule has 0 aliphatic carbocycles. The summed E-state index contributed by atoms with van der Waals surface area (Å²) in [5.41, 5.74) is 2.05. The molecule has 0 aliphatic heterocycles. The predicted octanol–water partition coefficient (Wildman–Crippen LogP) is 5.03. The number of hydrogen-bond donors (Lipinski definition) is 1. The van der Waals surface area contributed by atoms with Crippen LogP contribution in [0.5, 0.6) is 0 Å². The minimum absolute atomic E-state index is 0.111. The Bertz CT molecular complexity index is 587. The topological polar surface area (TPSA) is 24.9 Å². The predicted molar refractivity (Wildman–Crippen MR) is 90.8 cm³/mol. The standard InChI is InChI=1S/C16H17Br2FN2/c1-2-7-20-16(15-6-4-12(17)10-21-15)8-11-3-5-13(19)9-14(11)18/h3-6,9-10,16,20H,2,7-8H2,1H3. The van der Waals surface area contributed by atoms with Crippen molar-refractivity contribution in [3.8, 4) is 0 Å². The Labute approximate surface area is 141 Å². The molecule has 0 fully saturated rings.